The number of fused-ring (bicyclic) bond motifs is 1. The molecule has 1 aliphatic heterocycles. The van der Waals surface area contributed by atoms with Gasteiger partial charge < -0.3 is 10.6 Å². The van der Waals surface area contributed by atoms with Gasteiger partial charge in [-0.05, 0) is 46.5 Å². The van der Waals surface area contributed by atoms with E-state index in [9.17, 15) is 9.59 Å². The van der Waals surface area contributed by atoms with Gasteiger partial charge in [-0.1, -0.05) is 32.9 Å². The van der Waals surface area contributed by atoms with Crippen molar-refractivity contribution in [3.63, 3.8) is 0 Å². The maximum atomic E-state index is 12.2. The molecule has 0 saturated carbocycles. The van der Waals surface area contributed by atoms with Gasteiger partial charge >= 0.3 is 0 Å². The fourth-order valence-corrected chi connectivity index (χ4v) is 4.34. The zero-order valence-electron chi connectivity index (χ0n) is 17.6. The molecule has 3 rings (SSSR count). The zero-order valence-corrected chi connectivity index (χ0v) is 18.4. The van der Waals surface area contributed by atoms with Crippen molar-refractivity contribution in [3.8, 4) is 0 Å². The summed E-state index contributed by atoms with van der Waals surface area (Å²) in [6.07, 6.45) is 1.39. The third-order valence-corrected chi connectivity index (χ3v) is 6.31. The molecule has 0 radical (unpaired) electrons. The standard InChI is InChI=1S/C23H31N3O2S/c1-23(2,3)19-6-4-17(5-7-19)22(28)25-11-8-21(27)24-12-14-26-13-9-20-18(16-26)10-15-29-20/h4-7,10,15H,8-9,11-14,16H2,1-3H3,(H,24,27)(H,25,28). The summed E-state index contributed by atoms with van der Waals surface area (Å²) in [6.45, 7) is 10.3. The molecule has 5 nitrogen and oxygen atoms in total. The predicted octanol–water partition coefficient (Wildman–Crippen LogP) is 3.34. The highest BCUT2D eigenvalue weighted by atomic mass is 32.1. The van der Waals surface area contributed by atoms with E-state index in [2.05, 4.69) is 47.8 Å². The molecule has 2 N–H and O–H groups in total. The molecular weight excluding hydrogens is 382 g/mol. The molecule has 156 valence electrons. The van der Waals surface area contributed by atoms with Crippen molar-refractivity contribution in [2.75, 3.05) is 26.2 Å². The molecule has 6 heteroatoms. The number of carbonyl (C=O) groups excluding carboxylic acids is 2. The Bertz CT molecular complexity index is 837. The van der Waals surface area contributed by atoms with Crippen LogP contribution < -0.4 is 10.6 Å². The fraction of sp³-hybridized carbons (Fsp3) is 0.478. The van der Waals surface area contributed by atoms with Crippen LogP contribution in [0.25, 0.3) is 0 Å². The van der Waals surface area contributed by atoms with Crippen LogP contribution >= 0.6 is 11.3 Å². The number of nitrogens with one attached hydrogen (secondary N) is 2. The topological polar surface area (TPSA) is 61.4 Å². The Morgan fingerprint density at radius 2 is 1.83 bits per heavy atom. The van der Waals surface area contributed by atoms with E-state index in [0.29, 0.717) is 25.1 Å². The lowest BCUT2D eigenvalue weighted by Gasteiger charge is -2.26. The van der Waals surface area contributed by atoms with Crippen molar-refractivity contribution in [3.05, 3.63) is 57.3 Å². The molecule has 29 heavy (non-hydrogen) atoms. The molecular formula is C23H31N3O2S. The first-order chi connectivity index (χ1) is 13.8. The van der Waals surface area contributed by atoms with Crippen molar-refractivity contribution in [2.45, 2.75) is 45.6 Å². The Balaban J connectivity index is 1.32. The quantitative estimate of drug-likeness (QED) is 0.732. The number of rotatable bonds is 7. The van der Waals surface area contributed by atoms with Crippen LogP contribution in [0.3, 0.4) is 0 Å². The average Bonchev–Trinajstić information content (AvgIpc) is 3.15. The molecule has 0 unspecified atom stereocenters. The van der Waals surface area contributed by atoms with Gasteiger partial charge in [-0.15, -0.1) is 11.3 Å². The van der Waals surface area contributed by atoms with Crippen molar-refractivity contribution in [2.24, 2.45) is 0 Å². The first kappa shape index (κ1) is 21.5. The molecule has 0 bridgehead atoms. The molecule has 1 aliphatic rings. The van der Waals surface area contributed by atoms with E-state index in [-0.39, 0.29) is 17.2 Å². The average molecular weight is 414 g/mol. The highest BCUT2D eigenvalue weighted by Gasteiger charge is 2.17. The minimum atomic E-state index is -0.141. The molecule has 1 aromatic carbocycles. The van der Waals surface area contributed by atoms with Crippen LogP contribution in [-0.2, 0) is 23.2 Å². The van der Waals surface area contributed by atoms with Gasteiger partial charge in [0, 0.05) is 49.6 Å². The maximum Gasteiger partial charge on any atom is 0.251 e. The summed E-state index contributed by atoms with van der Waals surface area (Å²) < 4.78 is 0. The van der Waals surface area contributed by atoms with Crippen molar-refractivity contribution in [1.82, 2.24) is 15.5 Å². The first-order valence-corrected chi connectivity index (χ1v) is 11.1. The Kier molecular flexibility index (Phi) is 7.09. The van der Waals surface area contributed by atoms with Crippen molar-refractivity contribution >= 4 is 23.2 Å². The number of amides is 2. The van der Waals surface area contributed by atoms with Crippen molar-refractivity contribution in [1.29, 1.82) is 0 Å². The van der Waals surface area contributed by atoms with Crippen LogP contribution in [-0.4, -0.2) is 42.9 Å². The van der Waals surface area contributed by atoms with Gasteiger partial charge in [0.15, 0.2) is 0 Å². The fourth-order valence-electron chi connectivity index (χ4n) is 3.45. The third-order valence-electron chi connectivity index (χ3n) is 5.29. The van der Waals surface area contributed by atoms with E-state index in [1.165, 1.54) is 16.0 Å². The van der Waals surface area contributed by atoms with E-state index >= 15 is 0 Å². The van der Waals surface area contributed by atoms with Crippen LogP contribution in [0.4, 0.5) is 0 Å². The van der Waals surface area contributed by atoms with E-state index in [4.69, 9.17) is 0 Å². The number of benzene rings is 1. The third kappa shape index (κ3) is 6.15. The lowest BCUT2D eigenvalue weighted by molar-refractivity contribution is -0.121. The lowest BCUT2D eigenvalue weighted by atomic mass is 9.87. The van der Waals surface area contributed by atoms with Crippen LogP contribution in [0, 0.1) is 0 Å². The maximum absolute atomic E-state index is 12.2. The summed E-state index contributed by atoms with van der Waals surface area (Å²) >= 11 is 1.84. The van der Waals surface area contributed by atoms with Gasteiger partial charge in [0.25, 0.3) is 5.91 Å². The Hall–Kier alpha value is -2.18. The zero-order chi connectivity index (χ0) is 20.9. The first-order valence-electron chi connectivity index (χ1n) is 10.3. The Labute approximate surface area is 177 Å². The highest BCUT2D eigenvalue weighted by molar-refractivity contribution is 7.10. The van der Waals surface area contributed by atoms with Crippen LogP contribution in [0.2, 0.25) is 0 Å². The number of nitrogens with zero attached hydrogens (tertiary/aromatic N) is 1. The van der Waals surface area contributed by atoms with Crippen LogP contribution in [0.1, 0.15) is 53.6 Å². The Morgan fingerprint density at radius 3 is 2.55 bits per heavy atom. The lowest BCUT2D eigenvalue weighted by Crippen LogP contribution is -2.38. The normalized spacial score (nSPS) is 14.3. The summed E-state index contributed by atoms with van der Waals surface area (Å²) in [4.78, 5) is 28.1. The minimum Gasteiger partial charge on any atom is -0.355 e. The molecule has 2 amide bonds. The van der Waals surface area contributed by atoms with Gasteiger partial charge in [0.05, 0.1) is 0 Å². The van der Waals surface area contributed by atoms with Crippen LogP contribution in [0.15, 0.2) is 35.7 Å². The molecule has 2 heterocycles. The number of thiophene rings is 1. The van der Waals surface area contributed by atoms with E-state index in [1.807, 2.05) is 35.6 Å². The largest absolute Gasteiger partial charge is 0.355 e. The summed E-state index contributed by atoms with van der Waals surface area (Å²) in [5, 5.41) is 7.94. The molecule has 2 aromatic rings. The van der Waals surface area contributed by atoms with Gasteiger partial charge in [-0.2, -0.15) is 0 Å². The second-order valence-corrected chi connectivity index (χ2v) is 9.58. The van der Waals surface area contributed by atoms with E-state index < -0.39 is 0 Å². The van der Waals surface area contributed by atoms with Crippen LogP contribution in [0.5, 0.6) is 0 Å². The van der Waals surface area contributed by atoms with Gasteiger partial charge in [0.2, 0.25) is 5.91 Å². The van der Waals surface area contributed by atoms with Gasteiger partial charge in [-0.25, -0.2) is 0 Å². The minimum absolute atomic E-state index is 0.0263. The van der Waals surface area contributed by atoms with Crippen molar-refractivity contribution < 1.29 is 9.59 Å². The summed E-state index contributed by atoms with van der Waals surface area (Å²) in [5.41, 5.74) is 3.30. The van der Waals surface area contributed by atoms with Gasteiger partial charge in [0.1, 0.15) is 0 Å². The second-order valence-electron chi connectivity index (χ2n) is 8.58. The number of carbonyl (C=O) groups is 2. The molecule has 0 atom stereocenters. The van der Waals surface area contributed by atoms with E-state index in [0.717, 1.165) is 26.1 Å². The Morgan fingerprint density at radius 1 is 1.07 bits per heavy atom. The van der Waals surface area contributed by atoms with Gasteiger partial charge in [-0.3, -0.25) is 14.5 Å². The monoisotopic (exact) mass is 413 g/mol. The molecule has 0 aliphatic carbocycles. The molecule has 0 spiro atoms. The summed E-state index contributed by atoms with van der Waals surface area (Å²) in [6, 6.07) is 9.85. The SMILES string of the molecule is CC(C)(C)c1ccc(C(=O)NCCC(=O)NCCN2CCc3sccc3C2)cc1. The molecule has 1 aromatic heterocycles. The molecule has 0 fully saturated rings. The summed E-state index contributed by atoms with van der Waals surface area (Å²) in [5.74, 6) is -0.167. The second kappa shape index (κ2) is 9.55. The summed E-state index contributed by atoms with van der Waals surface area (Å²) in [7, 11) is 0. The highest BCUT2D eigenvalue weighted by Crippen LogP contribution is 2.23. The number of hydrogen-bond acceptors (Lipinski definition) is 4. The smallest absolute Gasteiger partial charge is 0.251 e. The molecule has 0 saturated heterocycles. The van der Waals surface area contributed by atoms with E-state index in [1.54, 1.807) is 0 Å². The predicted molar refractivity (Wildman–Crippen MR) is 118 cm³/mol. The number of hydrogen-bond donors (Lipinski definition) is 2.